The standard InChI is InChI=1S/C13H15N3O4/c1-14-13(18)9-2-3-11(12(8-9)16(19)20)15-6-4-10(17)5-7-15/h2-3,8H,4-7H2,1H3,(H,14,18). The van der Waals surface area contributed by atoms with Crippen LogP contribution in [0.5, 0.6) is 0 Å². The molecule has 1 N–H and O–H groups in total. The van der Waals surface area contributed by atoms with Crippen LogP contribution >= 0.6 is 0 Å². The number of anilines is 1. The van der Waals surface area contributed by atoms with Crippen molar-refractivity contribution in [1.82, 2.24) is 5.32 Å². The van der Waals surface area contributed by atoms with Crippen molar-refractivity contribution in [2.45, 2.75) is 12.8 Å². The second-order valence-corrected chi connectivity index (χ2v) is 4.57. The second kappa shape index (κ2) is 5.68. The Balaban J connectivity index is 2.35. The molecule has 0 radical (unpaired) electrons. The van der Waals surface area contributed by atoms with Gasteiger partial charge in [0.25, 0.3) is 11.6 Å². The Morgan fingerprint density at radius 1 is 1.35 bits per heavy atom. The summed E-state index contributed by atoms with van der Waals surface area (Å²) in [6.45, 7) is 0.942. The lowest BCUT2D eigenvalue weighted by Gasteiger charge is -2.27. The number of nitrogens with zero attached hydrogens (tertiary/aromatic N) is 2. The van der Waals surface area contributed by atoms with E-state index in [0.717, 1.165) is 0 Å². The van der Waals surface area contributed by atoms with Gasteiger partial charge in [0.15, 0.2) is 0 Å². The fourth-order valence-electron chi connectivity index (χ4n) is 2.22. The molecule has 1 heterocycles. The van der Waals surface area contributed by atoms with Crippen LogP contribution in [-0.2, 0) is 4.79 Å². The van der Waals surface area contributed by atoms with Crippen molar-refractivity contribution in [2.75, 3.05) is 25.0 Å². The number of rotatable bonds is 3. The highest BCUT2D eigenvalue weighted by molar-refractivity contribution is 5.95. The molecule has 0 spiro atoms. The summed E-state index contributed by atoms with van der Waals surface area (Å²) >= 11 is 0. The molecule has 0 aliphatic carbocycles. The second-order valence-electron chi connectivity index (χ2n) is 4.57. The molecule has 1 aromatic carbocycles. The molecule has 7 heteroatoms. The summed E-state index contributed by atoms with van der Waals surface area (Å²) in [5.41, 5.74) is 0.589. The summed E-state index contributed by atoms with van der Waals surface area (Å²) in [5, 5.41) is 13.6. The molecular weight excluding hydrogens is 262 g/mol. The summed E-state index contributed by atoms with van der Waals surface area (Å²) in [5.74, 6) is -0.195. The van der Waals surface area contributed by atoms with Crippen LogP contribution in [-0.4, -0.2) is 36.8 Å². The molecule has 7 nitrogen and oxygen atoms in total. The van der Waals surface area contributed by atoms with Crippen molar-refractivity contribution in [3.63, 3.8) is 0 Å². The van der Waals surface area contributed by atoms with Gasteiger partial charge in [-0.25, -0.2) is 0 Å². The molecule has 0 saturated carbocycles. The maximum absolute atomic E-state index is 11.5. The van der Waals surface area contributed by atoms with E-state index in [-0.39, 0.29) is 22.9 Å². The van der Waals surface area contributed by atoms with Crippen LogP contribution in [0.2, 0.25) is 0 Å². The van der Waals surface area contributed by atoms with Gasteiger partial charge < -0.3 is 10.2 Å². The van der Waals surface area contributed by atoms with Gasteiger partial charge in [-0.05, 0) is 12.1 Å². The fourth-order valence-corrected chi connectivity index (χ4v) is 2.22. The van der Waals surface area contributed by atoms with Crippen LogP contribution in [0, 0.1) is 10.1 Å². The van der Waals surface area contributed by atoms with Crippen LogP contribution in [0.15, 0.2) is 18.2 Å². The summed E-state index contributed by atoms with van der Waals surface area (Å²) in [4.78, 5) is 35.2. The zero-order valence-electron chi connectivity index (χ0n) is 11.1. The molecular formula is C13H15N3O4. The molecule has 1 saturated heterocycles. The molecule has 1 aromatic rings. The van der Waals surface area contributed by atoms with E-state index in [9.17, 15) is 19.7 Å². The van der Waals surface area contributed by atoms with Crippen molar-refractivity contribution in [3.05, 3.63) is 33.9 Å². The zero-order valence-corrected chi connectivity index (χ0v) is 11.1. The third kappa shape index (κ3) is 2.76. The average molecular weight is 277 g/mol. The van der Waals surface area contributed by atoms with Gasteiger partial charge in [0.05, 0.1) is 4.92 Å². The van der Waals surface area contributed by atoms with E-state index >= 15 is 0 Å². The lowest BCUT2D eigenvalue weighted by Crippen LogP contribution is -2.34. The van der Waals surface area contributed by atoms with Crippen LogP contribution in [0.1, 0.15) is 23.2 Å². The largest absolute Gasteiger partial charge is 0.365 e. The number of nitro groups is 1. The predicted molar refractivity (Wildman–Crippen MR) is 72.9 cm³/mol. The first-order chi connectivity index (χ1) is 9.52. The molecule has 0 aromatic heterocycles. The Kier molecular flexibility index (Phi) is 3.97. The summed E-state index contributed by atoms with van der Waals surface area (Å²) in [6, 6.07) is 4.39. The number of Topliss-reactive ketones (excluding diaryl/α,β-unsaturated/α-hetero) is 1. The Bertz CT molecular complexity index is 561. The summed E-state index contributed by atoms with van der Waals surface area (Å²) in [6.07, 6.45) is 0.794. The lowest BCUT2D eigenvalue weighted by molar-refractivity contribution is -0.384. The topological polar surface area (TPSA) is 92.6 Å². The molecule has 0 unspecified atom stereocenters. The first-order valence-electron chi connectivity index (χ1n) is 6.30. The molecule has 2 rings (SSSR count). The van der Waals surface area contributed by atoms with Gasteiger partial charge in [0.2, 0.25) is 0 Å². The number of amides is 1. The number of carbonyl (C=O) groups excluding carboxylic acids is 2. The van der Waals surface area contributed by atoms with Gasteiger partial charge in [-0.15, -0.1) is 0 Å². The van der Waals surface area contributed by atoms with Gasteiger partial charge in [-0.3, -0.25) is 19.7 Å². The Labute approximate surface area is 115 Å². The number of benzene rings is 1. The molecule has 106 valence electrons. The van der Waals surface area contributed by atoms with E-state index < -0.39 is 4.92 Å². The van der Waals surface area contributed by atoms with Crippen LogP contribution in [0.4, 0.5) is 11.4 Å². The fraction of sp³-hybridized carbons (Fsp3) is 0.385. The van der Waals surface area contributed by atoms with Gasteiger partial charge in [0, 0.05) is 44.6 Å². The quantitative estimate of drug-likeness (QED) is 0.660. The highest BCUT2D eigenvalue weighted by atomic mass is 16.6. The lowest BCUT2D eigenvalue weighted by atomic mass is 10.1. The molecule has 1 fully saturated rings. The van der Waals surface area contributed by atoms with Crippen molar-refractivity contribution >= 4 is 23.1 Å². The number of nitro benzene ring substituents is 1. The van der Waals surface area contributed by atoms with Crippen molar-refractivity contribution in [2.24, 2.45) is 0 Å². The van der Waals surface area contributed by atoms with Gasteiger partial charge in [-0.2, -0.15) is 0 Å². The molecule has 20 heavy (non-hydrogen) atoms. The van der Waals surface area contributed by atoms with Gasteiger partial charge in [0.1, 0.15) is 11.5 Å². The molecule has 1 aliphatic rings. The van der Waals surface area contributed by atoms with E-state index in [1.54, 1.807) is 12.1 Å². The van der Waals surface area contributed by atoms with Crippen molar-refractivity contribution in [3.8, 4) is 0 Å². The van der Waals surface area contributed by atoms with Crippen molar-refractivity contribution < 1.29 is 14.5 Å². The highest BCUT2D eigenvalue weighted by Crippen LogP contribution is 2.30. The Morgan fingerprint density at radius 3 is 2.55 bits per heavy atom. The summed E-state index contributed by atoms with van der Waals surface area (Å²) < 4.78 is 0. The van der Waals surface area contributed by atoms with E-state index in [2.05, 4.69) is 5.32 Å². The van der Waals surface area contributed by atoms with Gasteiger partial charge >= 0.3 is 0 Å². The number of hydrogen-bond donors (Lipinski definition) is 1. The maximum Gasteiger partial charge on any atom is 0.293 e. The maximum atomic E-state index is 11.5. The predicted octanol–water partition coefficient (Wildman–Crippen LogP) is 1.12. The SMILES string of the molecule is CNC(=O)c1ccc(N2CCC(=O)CC2)c([N+](=O)[O-])c1. The van der Waals surface area contributed by atoms with E-state index in [4.69, 9.17) is 0 Å². The number of ketones is 1. The number of carbonyl (C=O) groups is 2. The zero-order chi connectivity index (χ0) is 14.7. The molecule has 1 amide bonds. The number of piperidine rings is 1. The number of nitrogens with one attached hydrogen (secondary N) is 1. The van der Waals surface area contributed by atoms with Gasteiger partial charge in [-0.1, -0.05) is 0 Å². The third-order valence-electron chi connectivity index (χ3n) is 3.32. The van der Waals surface area contributed by atoms with Crippen LogP contribution in [0.3, 0.4) is 0 Å². The minimum absolute atomic E-state index is 0.111. The first kappa shape index (κ1) is 14.0. The van der Waals surface area contributed by atoms with E-state index in [1.807, 2.05) is 4.90 Å². The third-order valence-corrected chi connectivity index (χ3v) is 3.32. The average Bonchev–Trinajstić information content (AvgIpc) is 2.46. The minimum Gasteiger partial charge on any atom is -0.365 e. The minimum atomic E-state index is -0.502. The normalized spacial score (nSPS) is 15.1. The molecule has 1 aliphatic heterocycles. The molecule has 0 atom stereocenters. The monoisotopic (exact) mass is 277 g/mol. The van der Waals surface area contributed by atoms with Crippen LogP contribution < -0.4 is 10.2 Å². The molecule has 0 bridgehead atoms. The smallest absolute Gasteiger partial charge is 0.293 e. The first-order valence-corrected chi connectivity index (χ1v) is 6.30. The van der Waals surface area contributed by atoms with Crippen molar-refractivity contribution in [1.29, 1.82) is 0 Å². The van der Waals surface area contributed by atoms with Crippen LogP contribution in [0.25, 0.3) is 0 Å². The summed E-state index contributed by atoms with van der Waals surface area (Å²) in [7, 11) is 1.47. The van der Waals surface area contributed by atoms with E-state index in [1.165, 1.54) is 13.1 Å². The Morgan fingerprint density at radius 2 is 2.00 bits per heavy atom. The number of hydrogen-bond acceptors (Lipinski definition) is 5. The highest BCUT2D eigenvalue weighted by Gasteiger charge is 2.24. The van der Waals surface area contributed by atoms with E-state index in [0.29, 0.717) is 31.6 Å². The Hall–Kier alpha value is -2.44.